The number of halogens is 6. The zero-order valence-corrected chi connectivity index (χ0v) is 19.3. The second-order valence-corrected chi connectivity index (χ2v) is 9.23. The molecule has 2 unspecified atom stereocenters. The van der Waals surface area contributed by atoms with Gasteiger partial charge in [-0.15, -0.1) is 0 Å². The Bertz CT molecular complexity index is 1030. The van der Waals surface area contributed by atoms with Gasteiger partial charge in [0, 0.05) is 13.0 Å². The fourth-order valence-corrected chi connectivity index (χ4v) is 3.93. The first-order valence-electron chi connectivity index (χ1n) is 9.27. The Balaban J connectivity index is 1.97. The van der Waals surface area contributed by atoms with Gasteiger partial charge in [-0.05, 0) is 61.3 Å². The fraction of sp³-hybridized carbons (Fsp3) is 0.526. The van der Waals surface area contributed by atoms with E-state index in [1.165, 1.54) is 4.90 Å². The summed E-state index contributed by atoms with van der Waals surface area (Å²) < 4.78 is 65.1. The van der Waals surface area contributed by atoms with Gasteiger partial charge in [0.05, 0.1) is 21.5 Å². The zero-order chi connectivity index (χ0) is 23.3. The van der Waals surface area contributed by atoms with Gasteiger partial charge in [0.2, 0.25) is 11.2 Å². The molecule has 0 radical (unpaired) electrons. The molecule has 1 amide bonds. The number of alkyl halides is 3. The number of hydrogen-bond donors (Lipinski definition) is 0. The van der Waals surface area contributed by atoms with E-state index < -0.39 is 51.4 Å². The number of hydrogen-bond acceptors (Lipinski definition) is 5. The molecule has 0 bridgehead atoms. The summed E-state index contributed by atoms with van der Waals surface area (Å²) >= 11 is 8.49. The number of carbonyl (C=O) groups excluding carboxylic acids is 1. The monoisotopic (exact) mass is 527 g/mol. The summed E-state index contributed by atoms with van der Waals surface area (Å²) in [5.74, 6) is -1.52. The highest BCUT2D eigenvalue weighted by molar-refractivity contribution is 9.10. The topological polar surface area (TPSA) is 64.6 Å². The lowest BCUT2D eigenvalue weighted by Gasteiger charge is -2.28. The van der Waals surface area contributed by atoms with Crippen LogP contribution in [0.2, 0.25) is 5.28 Å². The molecule has 1 aromatic heterocycles. The summed E-state index contributed by atoms with van der Waals surface area (Å²) in [6, 6.07) is 0.236. The van der Waals surface area contributed by atoms with E-state index in [-0.39, 0.29) is 16.5 Å². The molecule has 1 aliphatic rings. The smallest absolute Gasteiger partial charge is 0.417 e. The van der Waals surface area contributed by atoms with E-state index in [4.69, 9.17) is 21.1 Å². The summed E-state index contributed by atoms with van der Waals surface area (Å²) in [5, 5.41) is -0.664. The van der Waals surface area contributed by atoms with Crippen LogP contribution in [-0.4, -0.2) is 45.3 Å². The molecule has 2 heterocycles. The number of nitrogens with zero attached hydrogens (tertiary/aromatic N) is 3. The molecule has 6 nitrogen and oxygen atoms in total. The SMILES string of the molecule is CC1C(Oc2nc(Cl)nc3c(F)c(Br)c(C(F)(F)F)cc23)CCN1C(=O)OC(C)(C)C. The number of amides is 1. The molecule has 0 spiro atoms. The van der Waals surface area contributed by atoms with E-state index in [1.807, 2.05) is 0 Å². The number of carbonyl (C=O) groups is 1. The van der Waals surface area contributed by atoms with Crippen molar-refractivity contribution in [1.82, 2.24) is 14.9 Å². The lowest BCUT2D eigenvalue weighted by molar-refractivity contribution is -0.138. The second kappa shape index (κ2) is 8.23. The van der Waals surface area contributed by atoms with Crippen LogP contribution in [0.4, 0.5) is 22.4 Å². The molecule has 3 rings (SSSR count). The van der Waals surface area contributed by atoms with Crippen molar-refractivity contribution in [2.24, 2.45) is 0 Å². The summed E-state index contributed by atoms with van der Waals surface area (Å²) in [5.41, 5.74) is -2.34. The van der Waals surface area contributed by atoms with Gasteiger partial charge in [-0.25, -0.2) is 14.2 Å². The predicted molar refractivity (Wildman–Crippen MR) is 109 cm³/mol. The van der Waals surface area contributed by atoms with Crippen molar-refractivity contribution in [2.45, 2.75) is 58.0 Å². The summed E-state index contributed by atoms with van der Waals surface area (Å²) in [6.07, 6.45) is -5.61. The van der Waals surface area contributed by atoms with Crippen molar-refractivity contribution in [3.63, 3.8) is 0 Å². The summed E-state index contributed by atoms with van der Waals surface area (Å²) in [6.45, 7) is 7.23. The minimum atomic E-state index is -4.82. The average Bonchev–Trinajstić information content (AvgIpc) is 2.96. The molecular weight excluding hydrogens is 510 g/mol. The van der Waals surface area contributed by atoms with Crippen LogP contribution in [0.15, 0.2) is 10.5 Å². The number of rotatable bonds is 2. The molecule has 2 atom stereocenters. The van der Waals surface area contributed by atoms with Crippen LogP contribution in [-0.2, 0) is 10.9 Å². The largest absolute Gasteiger partial charge is 0.472 e. The Kier molecular flexibility index (Phi) is 6.31. The van der Waals surface area contributed by atoms with Gasteiger partial charge in [0.1, 0.15) is 17.2 Å². The van der Waals surface area contributed by atoms with Crippen molar-refractivity contribution in [1.29, 1.82) is 0 Å². The Hall–Kier alpha value is -1.88. The number of likely N-dealkylation sites (tertiary alicyclic amines) is 1. The number of ether oxygens (including phenoxy) is 2. The van der Waals surface area contributed by atoms with E-state index in [0.29, 0.717) is 19.0 Å². The normalized spacial score (nSPS) is 19.7. The highest BCUT2D eigenvalue weighted by Gasteiger charge is 2.39. The standard InChI is InChI=1S/C19H19BrClF4N3O3/c1-8-11(5-6-28(8)17(29)31-18(2,3)4)30-15-9-7-10(19(23,24)25)12(20)13(22)14(9)26-16(21)27-15/h7-8,11H,5-6H2,1-4H3. The van der Waals surface area contributed by atoms with E-state index in [0.717, 1.165) is 0 Å². The van der Waals surface area contributed by atoms with Crippen LogP contribution in [0.25, 0.3) is 10.9 Å². The van der Waals surface area contributed by atoms with Crippen LogP contribution in [0.5, 0.6) is 5.88 Å². The van der Waals surface area contributed by atoms with Gasteiger partial charge in [0.15, 0.2) is 5.82 Å². The molecule has 0 N–H and O–H groups in total. The van der Waals surface area contributed by atoms with Gasteiger partial charge in [-0.1, -0.05) is 0 Å². The van der Waals surface area contributed by atoms with Crippen LogP contribution in [0.3, 0.4) is 0 Å². The van der Waals surface area contributed by atoms with Crippen molar-refractivity contribution in [3.05, 3.63) is 27.2 Å². The molecule has 2 aromatic rings. The first kappa shape index (κ1) is 23.8. The molecule has 1 saturated heterocycles. The van der Waals surface area contributed by atoms with Crippen LogP contribution < -0.4 is 4.74 Å². The van der Waals surface area contributed by atoms with Crippen LogP contribution in [0, 0.1) is 5.82 Å². The third-order valence-corrected chi connectivity index (χ3v) is 5.63. The third kappa shape index (κ3) is 4.97. The van der Waals surface area contributed by atoms with Gasteiger partial charge in [-0.3, -0.25) is 0 Å². The fourth-order valence-electron chi connectivity index (χ4n) is 3.24. The number of aromatic nitrogens is 2. The second-order valence-electron chi connectivity index (χ2n) is 8.10. The van der Waals surface area contributed by atoms with Crippen molar-refractivity contribution < 1.29 is 31.8 Å². The van der Waals surface area contributed by atoms with Gasteiger partial charge >= 0.3 is 12.3 Å². The Morgan fingerprint density at radius 3 is 2.52 bits per heavy atom. The summed E-state index contributed by atoms with van der Waals surface area (Å²) in [7, 11) is 0. The number of benzene rings is 1. The molecule has 0 aliphatic carbocycles. The van der Waals surface area contributed by atoms with Crippen molar-refractivity contribution in [2.75, 3.05) is 6.54 Å². The molecule has 31 heavy (non-hydrogen) atoms. The molecule has 1 fully saturated rings. The Morgan fingerprint density at radius 2 is 1.94 bits per heavy atom. The van der Waals surface area contributed by atoms with Gasteiger partial charge in [-0.2, -0.15) is 18.2 Å². The van der Waals surface area contributed by atoms with Gasteiger partial charge in [0.25, 0.3) is 0 Å². The summed E-state index contributed by atoms with van der Waals surface area (Å²) in [4.78, 5) is 21.4. The average molecular weight is 529 g/mol. The molecule has 1 aromatic carbocycles. The first-order chi connectivity index (χ1) is 14.2. The molecule has 1 aliphatic heterocycles. The maximum atomic E-state index is 14.6. The lowest BCUT2D eigenvalue weighted by atomic mass is 10.1. The van der Waals surface area contributed by atoms with Gasteiger partial charge < -0.3 is 14.4 Å². The quantitative estimate of drug-likeness (QED) is 0.354. The van der Waals surface area contributed by atoms with Crippen molar-refractivity contribution >= 4 is 44.5 Å². The van der Waals surface area contributed by atoms with E-state index in [1.54, 1.807) is 27.7 Å². The Labute approximate surface area is 189 Å². The molecule has 0 saturated carbocycles. The van der Waals surface area contributed by atoms with Crippen molar-refractivity contribution in [3.8, 4) is 5.88 Å². The maximum Gasteiger partial charge on any atom is 0.417 e. The van der Waals surface area contributed by atoms with E-state index in [2.05, 4.69) is 25.9 Å². The van der Waals surface area contributed by atoms with E-state index >= 15 is 0 Å². The highest BCUT2D eigenvalue weighted by Crippen LogP contribution is 2.41. The number of fused-ring (bicyclic) bond motifs is 1. The minimum absolute atomic E-state index is 0.277. The maximum absolute atomic E-state index is 14.6. The molecule has 170 valence electrons. The first-order valence-corrected chi connectivity index (χ1v) is 10.4. The van der Waals surface area contributed by atoms with E-state index in [9.17, 15) is 22.4 Å². The third-order valence-electron chi connectivity index (χ3n) is 4.69. The highest BCUT2D eigenvalue weighted by atomic mass is 79.9. The Morgan fingerprint density at radius 1 is 1.29 bits per heavy atom. The zero-order valence-electron chi connectivity index (χ0n) is 17.0. The molecule has 12 heteroatoms. The minimum Gasteiger partial charge on any atom is -0.472 e. The lowest BCUT2D eigenvalue weighted by Crippen LogP contribution is -2.42. The molecular formula is C19H19BrClF4N3O3. The predicted octanol–water partition coefficient (Wildman–Crippen LogP) is 5.98. The van der Waals surface area contributed by atoms with Crippen LogP contribution >= 0.6 is 27.5 Å². The van der Waals surface area contributed by atoms with Crippen LogP contribution in [0.1, 0.15) is 39.7 Å².